The van der Waals surface area contributed by atoms with Gasteiger partial charge in [0.1, 0.15) is 17.2 Å². The number of piperazine rings is 1. The molecule has 2 aliphatic rings. The highest BCUT2D eigenvalue weighted by molar-refractivity contribution is 7.90. The Hall–Kier alpha value is -4.16. The van der Waals surface area contributed by atoms with Crippen LogP contribution in [-0.4, -0.2) is 70.7 Å². The van der Waals surface area contributed by atoms with Gasteiger partial charge >= 0.3 is 5.69 Å². The van der Waals surface area contributed by atoms with Crippen molar-refractivity contribution >= 4 is 44.2 Å². The molecule has 222 valence electrons. The Balaban J connectivity index is 1.67. The number of hydrogen-bond acceptors (Lipinski definition) is 8. The third kappa shape index (κ3) is 5.18. The molecule has 1 atom stereocenters. The number of aromatic nitrogens is 4. The zero-order valence-corrected chi connectivity index (χ0v) is 25.1. The van der Waals surface area contributed by atoms with E-state index in [1.807, 2.05) is 11.8 Å². The van der Waals surface area contributed by atoms with Crippen molar-refractivity contribution in [3.8, 4) is 17.1 Å². The maximum atomic E-state index is 15.9. The van der Waals surface area contributed by atoms with Gasteiger partial charge in [-0.1, -0.05) is 30.3 Å². The number of rotatable bonds is 6. The van der Waals surface area contributed by atoms with Gasteiger partial charge in [0.2, 0.25) is 5.91 Å². The molecule has 3 aromatic heterocycles. The number of carbonyl (C=O) groups is 1. The van der Waals surface area contributed by atoms with Crippen LogP contribution in [0.2, 0.25) is 5.02 Å². The number of amides is 1. The number of fused-ring (bicyclic) bond motifs is 1. The lowest BCUT2D eigenvalue weighted by atomic mass is 10.1. The third-order valence-corrected chi connectivity index (χ3v) is 9.27. The fourth-order valence-electron chi connectivity index (χ4n) is 5.66. The SMILES string of the molecule is C=CC(=O)N1CCN(c2nc(=O)n(-c3c(C4CC4)cccc3S(C)(=O)=O)c3nc(-c4ncccc4Cl)c(F)cc23)[C@@H](C)C1. The second kappa shape index (κ2) is 10.8. The van der Waals surface area contributed by atoms with Crippen LogP contribution >= 0.6 is 11.6 Å². The molecule has 1 saturated carbocycles. The van der Waals surface area contributed by atoms with Crippen molar-refractivity contribution in [3.05, 3.63) is 82.1 Å². The molecule has 2 fully saturated rings. The number of hydrogen-bond donors (Lipinski definition) is 0. The van der Waals surface area contributed by atoms with Crippen molar-refractivity contribution in [2.45, 2.75) is 36.6 Å². The van der Waals surface area contributed by atoms with E-state index in [-0.39, 0.29) is 61.7 Å². The standard InChI is InChI=1S/C30H28ClFN6O4S/c1-4-24(39)36-13-14-37(17(2)16-36)28-20-15-22(32)26(25-21(31)8-6-12-33-25)34-29(20)38(30(40)35-28)27-19(18-10-11-18)7-5-9-23(27)43(3,41)42/h4-9,12,15,17-18H,1,10-11,13-14,16H2,2-3H3/t17-/m0/s1. The van der Waals surface area contributed by atoms with Crippen molar-refractivity contribution < 1.29 is 17.6 Å². The van der Waals surface area contributed by atoms with Crippen LogP contribution in [0.25, 0.3) is 28.1 Å². The predicted octanol–water partition coefficient (Wildman–Crippen LogP) is 4.14. The minimum atomic E-state index is -3.81. The maximum Gasteiger partial charge on any atom is 0.355 e. The summed E-state index contributed by atoms with van der Waals surface area (Å²) in [5.74, 6) is -0.717. The highest BCUT2D eigenvalue weighted by atomic mass is 35.5. The van der Waals surface area contributed by atoms with Crippen LogP contribution in [0.3, 0.4) is 0 Å². The van der Waals surface area contributed by atoms with Crippen molar-refractivity contribution in [1.82, 2.24) is 24.4 Å². The molecule has 0 radical (unpaired) electrons. The number of carbonyl (C=O) groups excluding carboxylic acids is 1. The van der Waals surface area contributed by atoms with Gasteiger partial charge in [0.15, 0.2) is 21.3 Å². The Morgan fingerprint density at radius 2 is 1.91 bits per heavy atom. The molecule has 1 saturated heterocycles. The summed E-state index contributed by atoms with van der Waals surface area (Å²) in [4.78, 5) is 43.0. The van der Waals surface area contributed by atoms with Crippen LogP contribution in [0, 0.1) is 5.82 Å². The van der Waals surface area contributed by atoms with Crippen LogP contribution in [0.1, 0.15) is 31.2 Å². The van der Waals surface area contributed by atoms with Crippen molar-refractivity contribution in [3.63, 3.8) is 0 Å². The summed E-state index contributed by atoms with van der Waals surface area (Å²) in [6, 6.07) is 8.99. The van der Waals surface area contributed by atoms with Gasteiger partial charge in [-0.3, -0.25) is 9.78 Å². The van der Waals surface area contributed by atoms with Crippen LogP contribution in [0.15, 0.2) is 64.9 Å². The van der Waals surface area contributed by atoms with E-state index in [0.717, 1.165) is 19.1 Å². The molecule has 0 N–H and O–H groups in total. The van der Waals surface area contributed by atoms with Crippen molar-refractivity contribution in [2.24, 2.45) is 0 Å². The Morgan fingerprint density at radius 3 is 2.56 bits per heavy atom. The van der Waals surface area contributed by atoms with E-state index >= 15 is 4.39 Å². The van der Waals surface area contributed by atoms with E-state index in [4.69, 9.17) is 11.6 Å². The molecule has 4 aromatic rings. The average molecular weight is 623 g/mol. The first kappa shape index (κ1) is 28.9. The molecule has 6 rings (SSSR count). The highest BCUT2D eigenvalue weighted by Crippen LogP contribution is 2.45. The largest absolute Gasteiger partial charge is 0.355 e. The zero-order valence-electron chi connectivity index (χ0n) is 23.5. The van der Waals surface area contributed by atoms with Crippen molar-refractivity contribution in [2.75, 3.05) is 30.8 Å². The van der Waals surface area contributed by atoms with Crippen LogP contribution in [-0.2, 0) is 14.6 Å². The van der Waals surface area contributed by atoms with E-state index in [0.29, 0.717) is 25.2 Å². The first-order chi connectivity index (χ1) is 20.5. The number of para-hydroxylation sites is 1. The molecule has 1 aromatic carbocycles. The summed E-state index contributed by atoms with van der Waals surface area (Å²) in [5.41, 5.74) is -0.0350. The van der Waals surface area contributed by atoms with Gasteiger partial charge in [0, 0.05) is 38.1 Å². The average Bonchev–Trinajstić information content (AvgIpc) is 3.82. The minimum absolute atomic E-state index is 0.0166. The summed E-state index contributed by atoms with van der Waals surface area (Å²) in [6.45, 7) is 6.41. The number of anilines is 1. The summed E-state index contributed by atoms with van der Waals surface area (Å²) in [7, 11) is -3.81. The molecule has 43 heavy (non-hydrogen) atoms. The van der Waals surface area contributed by atoms with Gasteiger partial charge < -0.3 is 9.80 Å². The van der Waals surface area contributed by atoms with Crippen LogP contribution in [0.4, 0.5) is 10.2 Å². The summed E-state index contributed by atoms with van der Waals surface area (Å²) in [6.07, 6.45) is 5.45. The third-order valence-electron chi connectivity index (χ3n) is 7.84. The molecule has 1 aliphatic heterocycles. The molecule has 13 heteroatoms. The molecule has 4 heterocycles. The van der Waals surface area contributed by atoms with Gasteiger partial charge in [-0.2, -0.15) is 4.98 Å². The fraction of sp³-hybridized carbons (Fsp3) is 0.300. The van der Waals surface area contributed by atoms with E-state index in [1.54, 1.807) is 29.2 Å². The summed E-state index contributed by atoms with van der Waals surface area (Å²) < 4.78 is 43.1. The molecule has 0 spiro atoms. The van der Waals surface area contributed by atoms with E-state index in [1.165, 1.54) is 29.0 Å². The lowest BCUT2D eigenvalue weighted by molar-refractivity contribution is -0.126. The Bertz CT molecular complexity index is 1980. The zero-order chi connectivity index (χ0) is 30.6. The minimum Gasteiger partial charge on any atom is -0.350 e. The van der Waals surface area contributed by atoms with Gasteiger partial charge in [-0.05, 0) is 61.6 Å². The van der Waals surface area contributed by atoms with Gasteiger partial charge in [-0.25, -0.2) is 27.2 Å². The van der Waals surface area contributed by atoms with Crippen molar-refractivity contribution in [1.29, 1.82) is 0 Å². The number of sulfone groups is 1. The second-order valence-electron chi connectivity index (χ2n) is 10.8. The Morgan fingerprint density at radius 1 is 1.14 bits per heavy atom. The number of pyridine rings is 2. The van der Waals surface area contributed by atoms with Gasteiger partial charge in [0.25, 0.3) is 0 Å². The van der Waals surface area contributed by atoms with E-state index < -0.39 is 21.3 Å². The normalized spacial score (nSPS) is 17.3. The van der Waals surface area contributed by atoms with E-state index in [2.05, 4.69) is 21.5 Å². The highest BCUT2D eigenvalue weighted by Gasteiger charge is 2.34. The molecule has 0 unspecified atom stereocenters. The predicted molar refractivity (Wildman–Crippen MR) is 162 cm³/mol. The second-order valence-corrected chi connectivity index (χ2v) is 13.2. The van der Waals surface area contributed by atoms with Gasteiger partial charge in [-0.15, -0.1) is 0 Å². The fourth-order valence-corrected chi connectivity index (χ4v) is 6.75. The number of benzene rings is 1. The number of halogens is 2. The first-order valence-corrected chi connectivity index (χ1v) is 16.0. The lowest BCUT2D eigenvalue weighted by Crippen LogP contribution is -2.54. The topological polar surface area (TPSA) is 118 Å². The maximum absolute atomic E-state index is 15.9. The molecule has 1 aliphatic carbocycles. The van der Waals surface area contributed by atoms with E-state index in [9.17, 15) is 18.0 Å². The monoisotopic (exact) mass is 622 g/mol. The molecular formula is C30H28ClFN6O4S. The lowest BCUT2D eigenvalue weighted by Gasteiger charge is -2.40. The van der Waals surface area contributed by atoms with Gasteiger partial charge in [0.05, 0.1) is 21.0 Å². The summed E-state index contributed by atoms with van der Waals surface area (Å²) in [5, 5.41) is 0.358. The smallest absolute Gasteiger partial charge is 0.350 e. The molecule has 10 nitrogen and oxygen atoms in total. The van der Waals surface area contributed by atoms with Crippen LogP contribution < -0.4 is 10.6 Å². The Kier molecular flexibility index (Phi) is 7.29. The molecular weight excluding hydrogens is 595 g/mol. The quantitative estimate of drug-likeness (QED) is 0.295. The van der Waals surface area contributed by atoms with Crippen LogP contribution in [0.5, 0.6) is 0 Å². The first-order valence-electron chi connectivity index (χ1n) is 13.7. The summed E-state index contributed by atoms with van der Waals surface area (Å²) >= 11 is 6.38. The Labute approximate surface area is 252 Å². The molecule has 0 bridgehead atoms. The molecule has 1 amide bonds. The number of nitrogens with zero attached hydrogens (tertiary/aromatic N) is 6.